The van der Waals surface area contributed by atoms with Crippen LogP contribution in [0.15, 0.2) is 24.3 Å². The van der Waals surface area contributed by atoms with Crippen LogP contribution < -0.4 is 4.90 Å². The molecular weight excluding hydrogens is 214 g/mol. The minimum atomic E-state index is -0.240. The van der Waals surface area contributed by atoms with Crippen molar-refractivity contribution >= 4 is 11.6 Å². The second kappa shape index (κ2) is 5.32. The summed E-state index contributed by atoms with van der Waals surface area (Å²) in [6, 6.07) is 8.03. The average molecular weight is 233 g/mol. The van der Waals surface area contributed by atoms with Gasteiger partial charge in [-0.05, 0) is 44.4 Å². The topological polar surface area (TPSA) is 29.5 Å². The van der Waals surface area contributed by atoms with E-state index in [1.54, 1.807) is 0 Å². The summed E-state index contributed by atoms with van der Waals surface area (Å²) < 4.78 is 5.46. The molecule has 3 heteroatoms. The summed E-state index contributed by atoms with van der Waals surface area (Å²) in [7, 11) is 0. The van der Waals surface area contributed by atoms with E-state index < -0.39 is 0 Å². The molecule has 0 aromatic heterocycles. The smallest absolute Gasteiger partial charge is 0.256 e. The van der Waals surface area contributed by atoms with Crippen LogP contribution in [0.3, 0.4) is 0 Å². The van der Waals surface area contributed by atoms with Crippen LogP contribution in [0.25, 0.3) is 0 Å². The molecule has 0 bridgehead atoms. The molecule has 1 aromatic rings. The fourth-order valence-corrected chi connectivity index (χ4v) is 2.21. The van der Waals surface area contributed by atoms with E-state index in [0.717, 1.165) is 18.5 Å². The fraction of sp³-hybridized carbons (Fsp3) is 0.500. The normalized spacial score (nSPS) is 19.3. The van der Waals surface area contributed by atoms with Gasteiger partial charge in [0.25, 0.3) is 5.91 Å². The van der Waals surface area contributed by atoms with E-state index in [-0.39, 0.29) is 12.0 Å². The Kier molecular flexibility index (Phi) is 3.79. The molecule has 1 aliphatic heterocycles. The van der Waals surface area contributed by atoms with Gasteiger partial charge >= 0.3 is 0 Å². The molecule has 0 spiro atoms. The molecule has 17 heavy (non-hydrogen) atoms. The van der Waals surface area contributed by atoms with Gasteiger partial charge in [0, 0.05) is 18.8 Å². The summed E-state index contributed by atoms with van der Waals surface area (Å²) in [5.74, 6) is 0.0931. The summed E-state index contributed by atoms with van der Waals surface area (Å²) in [4.78, 5) is 14.1. The number of rotatable bonds is 3. The molecule has 1 fully saturated rings. The van der Waals surface area contributed by atoms with Gasteiger partial charge in [0.15, 0.2) is 0 Å². The maximum Gasteiger partial charge on any atom is 0.256 e. The third-order valence-corrected chi connectivity index (χ3v) is 3.10. The maximum atomic E-state index is 12.3. The van der Waals surface area contributed by atoms with Crippen molar-refractivity contribution in [1.29, 1.82) is 0 Å². The average Bonchev–Trinajstić information content (AvgIpc) is 2.83. The highest BCUT2D eigenvalue weighted by Gasteiger charge is 2.28. The first-order valence-electron chi connectivity index (χ1n) is 6.22. The highest BCUT2D eigenvalue weighted by atomic mass is 16.5. The summed E-state index contributed by atoms with van der Waals surface area (Å²) in [5.41, 5.74) is 2.13. The van der Waals surface area contributed by atoms with E-state index in [4.69, 9.17) is 4.74 Å². The summed E-state index contributed by atoms with van der Waals surface area (Å²) in [6.45, 7) is 5.42. The zero-order valence-corrected chi connectivity index (χ0v) is 10.5. The van der Waals surface area contributed by atoms with Crippen molar-refractivity contribution in [2.24, 2.45) is 0 Å². The second-order valence-electron chi connectivity index (χ2n) is 4.42. The first-order valence-corrected chi connectivity index (χ1v) is 6.22. The Morgan fingerprint density at radius 3 is 2.94 bits per heavy atom. The molecule has 92 valence electrons. The van der Waals surface area contributed by atoms with E-state index >= 15 is 0 Å². The quantitative estimate of drug-likeness (QED) is 0.803. The third kappa shape index (κ3) is 2.67. The van der Waals surface area contributed by atoms with Gasteiger partial charge in [-0.2, -0.15) is 0 Å². The van der Waals surface area contributed by atoms with Crippen molar-refractivity contribution in [3.8, 4) is 0 Å². The van der Waals surface area contributed by atoms with Crippen molar-refractivity contribution in [3.63, 3.8) is 0 Å². The van der Waals surface area contributed by atoms with Gasteiger partial charge in [-0.25, -0.2) is 0 Å². The molecule has 1 atom stereocenters. The zero-order valence-electron chi connectivity index (χ0n) is 10.5. The number of carbonyl (C=O) groups excluding carboxylic acids is 1. The summed E-state index contributed by atoms with van der Waals surface area (Å²) >= 11 is 0. The number of benzene rings is 1. The van der Waals surface area contributed by atoms with Crippen molar-refractivity contribution in [2.75, 3.05) is 18.1 Å². The van der Waals surface area contributed by atoms with Gasteiger partial charge in [-0.15, -0.1) is 0 Å². The number of ether oxygens (including phenoxy) is 1. The standard InChI is InChI=1S/C14H19NO2/c1-3-15(12-7-4-6-11(2)10-12)14(16)13-8-5-9-17-13/h4,6-7,10,13H,3,5,8-9H2,1-2H3. The third-order valence-electron chi connectivity index (χ3n) is 3.10. The molecule has 0 radical (unpaired) electrons. The molecule has 1 saturated heterocycles. The first kappa shape index (κ1) is 12.1. The molecule has 1 aliphatic rings. The van der Waals surface area contributed by atoms with Crippen LogP contribution in [0.4, 0.5) is 5.69 Å². The minimum Gasteiger partial charge on any atom is -0.368 e. The van der Waals surface area contributed by atoms with Crippen LogP contribution in [-0.2, 0) is 9.53 Å². The van der Waals surface area contributed by atoms with Gasteiger partial charge in [-0.3, -0.25) is 4.79 Å². The fourth-order valence-electron chi connectivity index (χ4n) is 2.21. The number of hydrogen-bond acceptors (Lipinski definition) is 2. The predicted octanol–water partition coefficient (Wildman–Crippen LogP) is 2.53. The van der Waals surface area contributed by atoms with Gasteiger partial charge < -0.3 is 9.64 Å². The molecule has 0 aliphatic carbocycles. The van der Waals surface area contributed by atoms with Crippen LogP contribution in [0.1, 0.15) is 25.3 Å². The lowest BCUT2D eigenvalue weighted by atomic mass is 10.1. The van der Waals surface area contributed by atoms with Crippen LogP contribution in [0, 0.1) is 6.92 Å². The van der Waals surface area contributed by atoms with E-state index in [9.17, 15) is 4.79 Å². The molecule has 2 rings (SSSR count). The van der Waals surface area contributed by atoms with Gasteiger partial charge in [0.1, 0.15) is 6.10 Å². The highest BCUT2D eigenvalue weighted by molar-refractivity contribution is 5.96. The SMILES string of the molecule is CCN(C(=O)C1CCCO1)c1cccc(C)c1. The van der Waals surface area contributed by atoms with E-state index in [1.165, 1.54) is 5.56 Å². The Hall–Kier alpha value is -1.35. The lowest BCUT2D eigenvalue weighted by molar-refractivity contribution is -0.127. The second-order valence-corrected chi connectivity index (χ2v) is 4.42. The lowest BCUT2D eigenvalue weighted by Gasteiger charge is -2.24. The van der Waals surface area contributed by atoms with Crippen LogP contribution in [0.5, 0.6) is 0 Å². The van der Waals surface area contributed by atoms with Crippen molar-refractivity contribution in [1.82, 2.24) is 0 Å². The maximum absolute atomic E-state index is 12.3. The molecule has 1 heterocycles. The van der Waals surface area contributed by atoms with Gasteiger partial charge in [0.05, 0.1) is 0 Å². The first-order chi connectivity index (χ1) is 8.22. The van der Waals surface area contributed by atoms with Crippen LogP contribution in [0.2, 0.25) is 0 Å². The van der Waals surface area contributed by atoms with E-state index in [0.29, 0.717) is 13.2 Å². The molecule has 3 nitrogen and oxygen atoms in total. The zero-order chi connectivity index (χ0) is 12.3. The molecular formula is C14H19NO2. The molecule has 1 amide bonds. The van der Waals surface area contributed by atoms with Crippen LogP contribution in [-0.4, -0.2) is 25.2 Å². The molecule has 1 unspecified atom stereocenters. The van der Waals surface area contributed by atoms with Crippen molar-refractivity contribution in [2.45, 2.75) is 32.8 Å². The number of anilines is 1. The molecule has 0 saturated carbocycles. The Balaban J connectivity index is 2.17. The summed E-state index contributed by atoms with van der Waals surface area (Å²) in [6.07, 6.45) is 1.60. The predicted molar refractivity (Wildman–Crippen MR) is 68.2 cm³/mol. The molecule has 0 N–H and O–H groups in total. The van der Waals surface area contributed by atoms with E-state index in [1.807, 2.05) is 43.0 Å². The van der Waals surface area contributed by atoms with Crippen molar-refractivity contribution < 1.29 is 9.53 Å². The van der Waals surface area contributed by atoms with Gasteiger partial charge in [0.2, 0.25) is 0 Å². The Morgan fingerprint density at radius 2 is 2.35 bits per heavy atom. The Bertz CT molecular complexity index is 397. The van der Waals surface area contributed by atoms with Crippen molar-refractivity contribution in [3.05, 3.63) is 29.8 Å². The largest absolute Gasteiger partial charge is 0.368 e. The van der Waals surface area contributed by atoms with Crippen LogP contribution >= 0.6 is 0 Å². The number of carbonyl (C=O) groups is 1. The summed E-state index contributed by atoms with van der Waals surface area (Å²) in [5, 5.41) is 0. The number of aryl methyl sites for hydroxylation is 1. The highest BCUT2D eigenvalue weighted by Crippen LogP contribution is 2.21. The monoisotopic (exact) mass is 233 g/mol. The Labute approximate surface area is 102 Å². The minimum absolute atomic E-state index is 0.0931. The lowest BCUT2D eigenvalue weighted by Crippen LogP contribution is -2.38. The molecule has 1 aromatic carbocycles. The number of likely N-dealkylation sites (N-methyl/N-ethyl adjacent to an activating group) is 1. The Morgan fingerprint density at radius 1 is 1.53 bits per heavy atom. The van der Waals surface area contributed by atoms with E-state index in [2.05, 4.69) is 0 Å². The number of hydrogen-bond donors (Lipinski definition) is 0. The number of nitrogens with zero attached hydrogens (tertiary/aromatic N) is 1. The van der Waals surface area contributed by atoms with Gasteiger partial charge in [-0.1, -0.05) is 12.1 Å². The number of amides is 1.